The lowest BCUT2D eigenvalue weighted by Gasteiger charge is -2.23. The van der Waals surface area contributed by atoms with Crippen LogP contribution in [0.25, 0.3) is 5.69 Å². The molecular weight excluding hydrogens is 246 g/mol. The topological polar surface area (TPSA) is 29.9 Å². The number of benzene rings is 1. The van der Waals surface area contributed by atoms with Gasteiger partial charge in [0.1, 0.15) is 0 Å². The first kappa shape index (κ1) is 13.1. The van der Waals surface area contributed by atoms with E-state index in [0.717, 1.165) is 18.8 Å². The molecule has 1 aromatic heterocycles. The Hall–Kier alpha value is -1.32. The molecular formula is C14H18ClN3. The Balaban J connectivity index is 0.00000120. The minimum atomic E-state index is 0. The minimum absolute atomic E-state index is 0. The van der Waals surface area contributed by atoms with Crippen LogP contribution in [0.15, 0.2) is 42.7 Å². The maximum atomic E-state index is 4.28. The molecule has 0 radical (unpaired) electrons. The summed E-state index contributed by atoms with van der Waals surface area (Å²) < 4.78 is 1.92. The van der Waals surface area contributed by atoms with Crippen LogP contribution in [0.3, 0.4) is 0 Å². The fourth-order valence-corrected chi connectivity index (χ4v) is 2.50. The normalized spacial score (nSPS) is 16.2. The van der Waals surface area contributed by atoms with Crippen molar-refractivity contribution in [3.63, 3.8) is 0 Å². The van der Waals surface area contributed by atoms with Gasteiger partial charge in [0.05, 0.1) is 5.69 Å². The van der Waals surface area contributed by atoms with Gasteiger partial charge in [-0.25, -0.2) is 4.68 Å². The highest BCUT2D eigenvalue weighted by atomic mass is 35.5. The van der Waals surface area contributed by atoms with E-state index in [2.05, 4.69) is 34.7 Å². The van der Waals surface area contributed by atoms with Gasteiger partial charge in [-0.15, -0.1) is 12.4 Å². The van der Waals surface area contributed by atoms with Crippen LogP contribution in [0, 0.1) is 0 Å². The van der Waals surface area contributed by atoms with Crippen LogP contribution in [0.5, 0.6) is 0 Å². The van der Waals surface area contributed by atoms with E-state index in [0.29, 0.717) is 5.92 Å². The van der Waals surface area contributed by atoms with E-state index < -0.39 is 0 Å². The molecule has 1 saturated heterocycles. The third kappa shape index (κ3) is 2.74. The predicted octanol–water partition coefficient (Wildman–Crippen LogP) is 2.76. The summed E-state index contributed by atoms with van der Waals surface area (Å²) >= 11 is 0. The van der Waals surface area contributed by atoms with E-state index in [9.17, 15) is 0 Å². The van der Waals surface area contributed by atoms with Gasteiger partial charge in [0, 0.05) is 12.4 Å². The van der Waals surface area contributed by atoms with Gasteiger partial charge in [0.25, 0.3) is 0 Å². The van der Waals surface area contributed by atoms with Crippen LogP contribution in [-0.2, 0) is 0 Å². The van der Waals surface area contributed by atoms with Gasteiger partial charge in [0.2, 0.25) is 0 Å². The molecule has 2 heterocycles. The van der Waals surface area contributed by atoms with E-state index in [-0.39, 0.29) is 12.4 Å². The van der Waals surface area contributed by atoms with E-state index in [1.54, 1.807) is 0 Å². The summed E-state index contributed by atoms with van der Waals surface area (Å²) in [6.07, 6.45) is 6.28. The Morgan fingerprint density at radius 3 is 2.72 bits per heavy atom. The number of nitrogens with zero attached hydrogens (tertiary/aromatic N) is 2. The Labute approximate surface area is 114 Å². The summed E-state index contributed by atoms with van der Waals surface area (Å²) in [5.74, 6) is 0.701. The molecule has 1 aliphatic rings. The molecule has 1 N–H and O–H groups in total. The van der Waals surface area contributed by atoms with E-state index in [1.807, 2.05) is 23.1 Å². The van der Waals surface area contributed by atoms with Crippen molar-refractivity contribution in [3.05, 3.63) is 48.3 Å². The summed E-state index contributed by atoms with van der Waals surface area (Å²) in [5.41, 5.74) is 2.60. The fourth-order valence-electron chi connectivity index (χ4n) is 2.50. The van der Waals surface area contributed by atoms with E-state index in [4.69, 9.17) is 0 Å². The molecule has 18 heavy (non-hydrogen) atoms. The van der Waals surface area contributed by atoms with Crippen molar-refractivity contribution in [1.29, 1.82) is 0 Å². The number of halogens is 1. The van der Waals surface area contributed by atoms with Gasteiger partial charge in [-0.2, -0.15) is 5.10 Å². The lowest BCUT2D eigenvalue weighted by Crippen LogP contribution is -2.26. The highest BCUT2D eigenvalue weighted by Gasteiger charge is 2.15. The van der Waals surface area contributed by atoms with Gasteiger partial charge >= 0.3 is 0 Å². The van der Waals surface area contributed by atoms with Crippen molar-refractivity contribution in [3.8, 4) is 5.69 Å². The zero-order valence-corrected chi connectivity index (χ0v) is 11.1. The van der Waals surface area contributed by atoms with Crippen molar-refractivity contribution < 1.29 is 0 Å². The molecule has 0 amide bonds. The summed E-state index contributed by atoms with van der Waals surface area (Å²) in [4.78, 5) is 0. The monoisotopic (exact) mass is 263 g/mol. The number of rotatable bonds is 2. The molecule has 2 aromatic rings. The van der Waals surface area contributed by atoms with Crippen LogP contribution in [-0.4, -0.2) is 22.9 Å². The van der Waals surface area contributed by atoms with Crippen molar-refractivity contribution >= 4 is 12.4 Å². The molecule has 1 fully saturated rings. The van der Waals surface area contributed by atoms with Crippen molar-refractivity contribution in [1.82, 2.24) is 15.1 Å². The number of nitrogens with one attached hydrogen (secondary N) is 1. The average molecular weight is 264 g/mol. The largest absolute Gasteiger partial charge is 0.317 e. The van der Waals surface area contributed by atoms with Crippen LogP contribution in [0.1, 0.15) is 24.3 Å². The molecule has 0 unspecified atom stereocenters. The third-order valence-electron chi connectivity index (χ3n) is 3.45. The van der Waals surface area contributed by atoms with Crippen molar-refractivity contribution in [2.45, 2.75) is 18.8 Å². The molecule has 0 saturated carbocycles. The van der Waals surface area contributed by atoms with Crippen LogP contribution < -0.4 is 5.32 Å². The second kappa shape index (κ2) is 6.03. The second-order valence-electron chi connectivity index (χ2n) is 4.57. The lowest BCUT2D eigenvalue weighted by atomic mass is 9.90. The molecule has 3 rings (SSSR count). The van der Waals surface area contributed by atoms with Crippen LogP contribution >= 0.6 is 12.4 Å². The van der Waals surface area contributed by atoms with Crippen LogP contribution in [0.4, 0.5) is 0 Å². The highest BCUT2D eigenvalue weighted by molar-refractivity contribution is 5.85. The first-order chi connectivity index (χ1) is 8.43. The smallest absolute Gasteiger partial charge is 0.0648 e. The molecule has 0 bridgehead atoms. The fraction of sp³-hybridized carbons (Fsp3) is 0.357. The van der Waals surface area contributed by atoms with Gasteiger partial charge in [-0.1, -0.05) is 12.1 Å². The maximum absolute atomic E-state index is 4.28. The maximum Gasteiger partial charge on any atom is 0.0648 e. The molecule has 1 aliphatic heterocycles. The van der Waals surface area contributed by atoms with Crippen LogP contribution in [0.2, 0.25) is 0 Å². The van der Waals surface area contributed by atoms with Gasteiger partial charge < -0.3 is 5.32 Å². The van der Waals surface area contributed by atoms with E-state index in [1.165, 1.54) is 18.4 Å². The van der Waals surface area contributed by atoms with Gasteiger partial charge in [0.15, 0.2) is 0 Å². The predicted molar refractivity (Wildman–Crippen MR) is 75.7 cm³/mol. The Bertz CT molecular complexity index is 476. The molecule has 4 heteroatoms. The zero-order valence-electron chi connectivity index (χ0n) is 10.2. The average Bonchev–Trinajstić information content (AvgIpc) is 2.94. The first-order valence-corrected chi connectivity index (χ1v) is 6.24. The lowest BCUT2D eigenvalue weighted by molar-refractivity contribution is 0.460. The molecule has 3 nitrogen and oxygen atoms in total. The SMILES string of the molecule is Cl.c1cc(C2CCNCC2)cc(-n2cccn2)c1. The summed E-state index contributed by atoms with van der Waals surface area (Å²) in [5, 5.41) is 7.69. The molecule has 0 spiro atoms. The molecule has 1 aromatic carbocycles. The number of piperidine rings is 1. The van der Waals surface area contributed by atoms with E-state index >= 15 is 0 Å². The number of hydrogen-bond donors (Lipinski definition) is 1. The quantitative estimate of drug-likeness (QED) is 0.903. The molecule has 0 aliphatic carbocycles. The Kier molecular flexibility index (Phi) is 4.39. The minimum Gasteiger partial charge on any atom is -0.317 e. The standard InChI is InChI=1S/C14H17N3.ClH/c1-3-13(12-5-8-15-9-6-12)11-14(4-1)17-10-2-7-16-17;/h1-4,7,10-12,15H,5-6,8-9H2;1H. The first-order valence-electron chi connectivity index (χ1n) is 6.24. The van der Waals surface area contributed by atoms with Crippen molar-refractivity contribution in [2.75, 3.05) is 13.1 Å². The molecule has 96 valence electrons. The Morgan fingerprint density at radius 1 is 1.17 bits per heavy atom. The van der Waals surface area contributed by atoms with Gasteiger partial charge in [-0.05, 0) is 55.6 Å². The molecule has 0 atom stereocenters. The highest BCUT2D eigenvalue weighted by Crippen LogP contribution is 2.26. The second-order valence-corrected chi connectivity index (χ2v) is 4.57. The summed E-state index contributed by atoms with van der Waals surface area (Å²) in [6, 6.07) is 10.7. The van der Waals surface area contributed by atoms with Crippen molar-refractivity contribution in [2.24, 2.45) is 0 Å². The zero-order chi connectivity index (χ0) is 11.5. The summed E-state index contributed by atoms with van der Waals surface area (Å²) in [7, 11) is 0. The van der Waals surface area contributed by atoms with Gasteiger partial charge in [-0.3, -0.25) is 0 Å². The third-order valence-corrected chi connectivity index (χ3v) is 3.45. The number of hydrogen-bond acceptors (Lipinski definition) is 2. The Morgan fingerprint density at radius 2 is 2.00 bits per heavy atom. The number of aromatic nitrogens is 2. The summed E-state index contributed by atoms with van der Waals surface area (Å²) in [6.45, 7) is 2.27.